The first-order valence-electron chi connectivity index (χ1n) is 24.5. The zero-order valence-corrected chi connectivity index (χ0v) is 39.1. The Kier molecular flexibility index (Phi) is 10.6. The molecule has 0 aliphatic heterocycles. The van der Waals surface area contributed by atoms with Crippen molar-refractivity contribution in [2.75, 3.05) is 4.90 Å². The third-order valence-corrected chi connectivity index (χ3v) is 14.3. The van der Waals surface area contributed by atoms with Crippen LogP contribution in [0.5, 0.6) is 0 Å². The summed E-state index contributed by atoms with van der Waals surface area (Å²) in [5, 5.41) is 10.0. The average molecular weight is 902 g/mol. The predicted molar refractivity (Wildman–Crippen MR) is 304 cm³/mol. The molecule has 0 aromatic heterocycles. The molecule has 0 atom stereocenters. The third kappa shape index (κ3) is 7.71. The largest absolute Gasteiger partial charge is 0.311 e. The molecular weight excluding hydrogens is 855 g/mol. The predicted octanol–water partition coefficient (Wildman–Crippen LogP) is 19.8. The van der Waals surface area contributed by atoms with Crippen LogP contribution in [0.2, 0.25) is 0 Å². The Bertz CT molecular complexity index is 4030. The first kappa shape index (κ1) is 41.9. The molecule has 13 aromatic rings. The lowest BCUT2D eigenvalue weighted by Crippen LogP contribution is -2.09. The summed E-state index contributed by atoms with van der Waals surface area (Å²) < 4.78 is 0. The van der Waals surface area contributed by atoms with Gasteiger partial charge in [0.2, 0.25) is 0 Å². The Labute approximate surface area is 414 Å². The molecule has 0 unspecified atom stereocenters. The highest BCUT2D eigenvalue weighted by molar-refractivity contribution is 6.22. The minimum absolute atomic E-state index is 1.09. The Morgan fingerprint density at radius 2 is 0.521 bits per heavy atom. The molecule has 0 heterocycles. The van der Waals surface area contributed by atoms with E-state index in [4.69, 9.17) is 0 Å². The quantitative estimate of drug-likeness (QED) is 0.131. The number of rotatable bonds is 9. The number of fused-ring (bicyclic) bond motifs is 5. The van der Waals surface area contributed by atoms with Crippen LogP contribution in [-0.2, 0) is 0 Å². The van der Waals surface area contributed by atoms with E-state index in [2.05, 4.69) is 290 Å². The van der Waals surface area contributed by atoms with Gasteiger partial charge in [0.05, 0.1) is 0 Å². The molecule has 0 fully saturated rings. The number of nitrogens with zero attached hydrogens (tertiary/aromatic N) is 1. The Hall–Kier alpha value is -9.30. The molecule has 0 aliphatic carbocycles. The minimum atomic E-state index is 1.09. The summed E-state index contributed by atoms with van der Waals surface area (Å²) in [4.78, 5) is 2.37. The molecule has 0 aliphatic rings. The number of hydrogen-bond donors (Lipinski definition) is 0. The monoisotopic (exact) mass is 901 g/mol. The number of benzene rings is 13. The Balaban J connectivity index is 0.892. The lowest BCUT2D eigenvalue weighted by molar-refractivity contribution is 1.28. The smallest absolute Gasteiger partial charge is 0.0462 e. The van der Waals surface area contributed by atoms with Crippen molar-refractivity contribution in [1.29, 1.82) is 0 Å². The summed E-state index contributed by atoms with van der Waals surface area (Å²) in [5.74, 6) is 0. The van der Waals surface area contributed by atoms with E-state index in [1.54, 1.807) is 0 Å². The van der Waals surface area contributed by atoms with E-state index in [-0.39, 0.29) is 0 Å². The zero-order chi connectivity index (χ0) is 47.1. The van der Waals surface area contributed by atoms with Crippen molar-refractivity contribution in [3.05, 3.63) is 285 Å². The molecule has 0 N–H and O–H groups in total. The molecule has 0 amide bonds. The highest BCUT2D eigenvalue weighted by atomic mass is 15.1. The molecule has 0 saturated carbocycles. The van der Waals surface area contributed by atoms with Crippen LogP contribution in [0.25, 0.3) is 110 Å². The van der Waals surface area contributed by atoms with Crippen LogP contribution in [0.15, 0.2) is 285 Å². The molecule has 0 bridgehead atoms. The fourth-order valence-corrected chi connectivity index (χ4v) is 10.8. The zero-order valence-electron chi connectivity index (χ0n) is 39.1. The summed E-state index contributed by atoms with van der Waals surface area (Å²) in [6.45, 7) is 0. The van der Waals surface area contributed by atoms with Gasteiger partial charge in [0.25, 0.3) is 0 Å². The van der Waals surface area contributed by atoms with Crippen LogP contribution in [0, 0.1) is 0 Å². The summed E-state index contributed by atoms with van der Waals surface area (Å²) in [5.41, 5.74) is 17.8. The van der Waals surface area contributed by atoms with Gasteiger partial charge in [0, 0.05) is 17.1 Å². The molecule has 71 heavy (non-hydrogen) atoms. The van der Waals surface area contributed by atoms with Gasteiger partial charge in [0.15, 0.2) is 0 Å². The van der Waals surface area contributed by atoms with Crippen molar-refractivity contribution < 1.29 is 0 Å². The van der Waals surface area contributed by atoms with Gasteiger partial charge in [-0.1, -0.05) is 243 Å². The van der Waals surface area contributed by atoms with Gasteiger partial charge in [-0.2, -0.15) is 0 Å². The lowest BCUT2D eigenvalue weighted by Gasteiger charge is -2.26. The lowest BCUT2D eigenvalue weighted by atomic mass is 9.84. The number of hydrogen-bond acceptors (Lipinski definition) is 1. The summed E-state index contributed by atoms with van der Waals surface area (Å²) in [6, 6.07) is 104. The topological polar surface area (TPSA) is 3.24 Å². The normalized spacial score (nSPS) is 11.4. The van der Waals surface area contributed by atoms with Gasteiger partial charge < -0.3 is 4.90 Å². The maximum absolute atomic E-state index is 2.41. The molecule has 1 heteroatoms. The standard InChI is InChI=1S/C70H47N/c1-3-17-55(18-4-1)69-67-26-12-11-25-65(67)66-46-39-57(47-68(66)70(69)56-19-5-2-6-20-56)50-35-42-59(43-36-50)71(60-44-37-54(38-45-60)64-28-14-22-52-16-8-10-24-62(52)64)58-40-33-49(34-41-58)48-29-31-53(32-30-48)63-27-13-21-51-15-7-9-23-61(51)63/h1-47H. The van der Waals surface area contributed by atoms with E-state index in [1.807, 2.05) is 0 Å². The molecule has 0 radical (unpaired) electrons. The van der Waals surface area contributed by atoms with Gasteiger partial charge >= 0.3 is 0 Å². The van der Waals surface area contributed by atoms with E-state index in [0.717, 1.165) is 22.6 Å². The van der Waals surface area contributed by atoms with Crippen molar-refractivity contribution in [2.45, 2.75) is 0 Å². The average Bonchev–Trinajstić information content (AvgIpc) is 3.45. The minimum Gasteiger partial charge on any atom is -0.311 e. The van der Waals surface area contributed by atoms with Crippen LogP contribution in [0.1, 0.15) is 0 Å². The Morgan fingerprint density at radius 3 is 1.03 bits per heavy atom. The summed E-state index contributed by atoms with van der Waals surface area (Å²) in [6.07, 6.45) is 0. The van der Waals surface area contributed by atoms with E-state index in [1.165, 1.54) is 104 Å². The van der Waals surface area contributed by atoms with E-state index < -0.39 is 0 Å². The van der Waals surface area contributed by atoms with E-state index in [0.29, 0.717) is 0 Å². The van der Waals surface area contributed by atoms with Crippen LogP contribution < -0.4 is 4.90 Å². The first-order valence-corrected chi connectivity index (χ1v) is 24.5. The van der Waals surface area contributed by atoms with Crippen molar-refractivity contribution in [2.24, 2.45) is 0 Å². The van der Waals surface area contributed by atoms with Crippen molar-refractivity contribution >= 4 is 60.2 Å². The van der Waals surface area contributed by atoms with Gasteiger partial charge in [-0.05, 0) is 152 Å². The summed E-state index contributed by atoms with van der Waals surface area (Å²) >= 11 is 0. The number of anilines is 3. The fourth-order valence-electron chi connectivity index (χ4n) is 10.8. The second-order valence-corrected chi connectivity index (χ2v) is 18.4. The molecular formula is C70H47N. The van der Waals surface area contributed by atoms with Crippen molar-refractivity contribution in [3.63, 3.8) is 0 Å². The van der Waals surface area contributed by atoms with Crippen LogP contribution in [-0.4, -0.2) is 0 Å². The van der Waals surface area contributed by atoms with E-state index >= 15 is 0 Å². The second kappa shape index (κ2) is 18.0. The van der Waals surface area contributed by atoms with Gasteiger partial charge in [-0.3, -0.25) is 0 Å². The van der Waals surface area contributed by atoms with Gasteiger partial charge in [-0.25, -0.2) is 0 Å². The van der Waals surface area contributed by atoms with Crippen molar-refractivity contribution in [3.8, 4) is 66.8 Å². The maximum atomic E-state index is 2.41. The van der Waals surface area contributed by atoms with Crippen LogP contribution >= 0.6 is 0 Å². The summed E-state index contributed by atoms with van der Waals surface area (Å²) in [7, 11) is 0. The fraction of sp³-hybridized carbons (Fsp3) is 0. The molecule has 13 rings (SSSR count). The first-order chi connectivity index (χ1) is 35.2. The SMILES string of the molecule is c1ccc(-c2c(-c3ccccc3)c3cc(-c4ccc(N(c5ccc(-c6ccc(-c7cccc8ccccc78)cc6)cc5)c5ccc(-c6cccc7ccccc67)cc5)cc4)ccc3c3ccccc23)cc1. The van der Waals surface area contributed by atoms with Crippen LogP contribution in [0.3, 0.4) is 0 Å². The van der Waals surface area contributed by atoms with Gasteiger partial charge in [-0.15, -0.1) is 0 Å². The molecule has 13 aromatic carbocycles. The highest BCUT2D eigenvalue weighted by Crippen LogP contribution is 2.46. The third-order valence-electron chi connectivity index (χ3n) is 14.3. The van der Waals surface area contributed by atoms with Crippen LogP contribution in [0.4, 0.5) is 17.1 Å². The molecule has 1 nitrogen and oxygen atoms in total. The molecule has 0 spiro atoms. The van der Waals surface area contributed by atoms with E-state index in [9.17, 15) is 0 Å². The van der Waals surface area contributed by atoms with Crippen molar-refractivity contribution in [1.82, 2.24) is 0 Å². The van der Waals surface area contributed by atoms with Gasteiger partial charge in [0.1, 0.15) is 0 Å². The molecule has 332 valence electrons. The Morgan fingerprint density at radius 1 is 0.183 bits per heavy atom. The maximum Gasteiger partial charge on any atom is 0.0462 e. The highest BCUT2D eigenvalue weighted by Gasteiger charge is 2.19. The second-order valence-electron chi connectivity index (χ2n) is 18.4. The molecule has 0 saturated heterocycles.